The summed E-state index contributed by atoms with van der Waals surface area (Å²) in [6.07, 6.45) is 3.99. The maximum Gasteiger partial charge on any atom is 0.254 e. The molecule has 1 saturated carbocycles. The van der Waals surface area contributed by atoms with Gasteiger partial charge in [0, 0.05) is 19.7 Å². The molecule has 1 rings (SSSR count). The molecule has 0 bridgehead atoms. The van der Waals surface area contributed by atoms with Crippen molar-refractivity contribution in [1.29, 1.82) is 0 Å². The molecular formula is C11H19NO2. The molecule has 3 heteroatoms. The number of carbonyl (C=O) groups excluding carboxylic acids is 1. The molecule has 3 nitrogen and oxygen atoms in total. The van der Waals surface area contributed by atoms with Crippen LogP contribution in [-0.4, -0.2) is 36.1 Å². The molecule has 0 saturated heterocycles. The smallest absolute Gasteiger partial charge is 0.254 e. The van der Waals surface area contributed by atoms with E-state index in [0.29, 0.717) is 12.6 Å². The Labute approximate surface area is 85.7 Å². The van der Waals surface area contributed by atoms with Crippen molar-refractivity contribution in [2.45, 2.75) is 38.3 Å². The Morgan fingerprint density at radius 3 is 2.57 bits per heavy atom. The van der Waals surface area contributed by atoms with E-state index >= 15 is 0 Å². The van der Waals surface area contributed by atoms with Gasteiger partial charge in [-0.15, -0.1) is 6.58 Å². The van der Waals surface area contributed by atoms with E-state index in [-0.39, 0.29) is 5.91 Å². The van der Waals surface area contributed by atoms with Crippen LogP contribution in [0.4, 0.5) is 0 Å². The summed E-state index contributed by atoms with van der Waals surface area (Å²) in [5.41, 5.74) is -0.717. The summed E-state index contributed by atoms with van der Waals surface area (Å²) < 4.78 is 5.18. The van der Waals surface area contributed by atoms with E-state index < -0.39 is 5.60 Å². The van der Waals surface area contributed by atoms with Gasteiger partial charge in [0.1, 0.15) is 5.60 Å². The summed E-state index contributed by atoms with van der Waals surface area (Å²) in [5.74, 6) is 0.0578. The Morgan fingerprint density at radius 2 is 2.21 bits per heavy atom. The second-order valence-corrected chi connectivity index (χ2v) is 4.19. The lowest BCUT2D eigenvalue weighted by Crippen LogP contribution is -2.47. The fourth-order valence-electron chi connectivity index (χ4n) is 1.36. The molecule has 0 aromatic heterocycles. The van der Waals surface area contributed by atoms with Gasteiger partial charge in [0.05, 0.1) is 0 Å². The van der Waals surface area contributed by atoms with Crippen LogP contribution in [0.5, 0.6) is 0 Å². The molecule has 0 atom stereocenters. The van der Waals surface area contributed by atoms with Crippen molar-refractivity contribution in [1.82, 2.24) is 4.90 Å². The van der Waals surface area contributed by atoms with Crippen molar-refractivity contribution in [2.75, 3.05) is 13.7 Å². The molecule has 1 amide bonds. The van der Waals surface area contributed by atoms with Crippen LogP contribution in [0.25, 0.3) is 0 Å². The quantitative estimate of drug-likeness (QED) is 0.626. The Hall–Kier alpha value is -0.830. The number of rotatable bonds is 5. The zero-order valence-corrected chi connectivity index (χ0v) is 9.25. The molecule has 0 unspecified atom stereocenters. The molecule has 0 aliphatic heterocycles. The topological polar surface area (TPSA) is 29.5 Å². The van der Waals surface area contributed by atoms with E-state index in [9.17, 15) is 4.79 Å². The van der Waals surface area contributed by atoms with Gasteiger partial charge in [-0.1, -0.05) is 6.08 Å². The number of amides is 1. The minimum Gasteiger partial charge on any atom is -0.369 e. The maximum absolute atomic E-state index is 12.0. The SMILES string of the molecule is C=CCN(C(=O)C(C)(C)OC)C1CC1. The number of nitrogens with zero attached hydrogens (tertiary/aromatic N) is 1. The highest BCUT2D eigenvalue weighted by molar-refractivity contribution is 5.85. The fraction of sp³-hybridized carbons (Fsp3) is 0.727. The van der Waals surface area contributed by atoms with E-state index in [1.165, 1.54) is 0 Å². The van der Waals surface area contributed by atoms with Crippen LogP contribution < -0.4 is 0 Å². The largest absolute Gasteiger partial charge is 0.369 e. The van der Waals surface area contributed by atoms with Crippen molar-refractivity contribution in [3.8, 4) is 0 Å². The zero-order valence-electron chi connectivity index (χ0n) is 9.25. The molecule has 0 heterocycles. The van der Waals surface area contributed by atoms with Gasteiger partial charge in [0.25, 0.3) is 5.91 Å². The predicted molar refractivity (Wildman–Crippen MR) is 56.0 cm³/mol. The number of carbonyl (C=O) groups is 1. The fourth-order valence-corrected chi connectivity index (χ4v) is 1.36. The molecule has 0 aromatic rings. The zero-order chi connectivity index (χ0) is 10.8. The van der Waals surface area contributed by atoms with Crippen LogP contribution in [0.1, 0.15) is 26.7 Å². The highest BCUT2D eigenvalue weighted by Gasteiger charge is 2.38. The first-order chi connectivity index (χ1) is 6.53. The van der Waals surface area contributed by atoms with Crippen LogP contribution in [0, 0.1) is 0 Å². The first kappa shape index (κ1) is 11.2. The van der Waals surface area contributed by atoms with Gasteiger partial charge >= 0.3 is 0 Å². The van der Waals surface area contributed by atoms with Gasteiger partial charge in [0.2, 0.25) is 0 Å². The van der Waals surface area contributed by atoms with E-state index in [1.807, 2.05) is 4.90 Å². The van der Waals surface area contributed by atoms with Gasteiger partial charge in [-0.25, -0.2) is 0 Å². The Morgan fingerprint density at radius 1 is 1.64 bits per heavy atom. The molecular weight excluding hydrogens is 178 g/mol. The van der Waals surface area contributed by atoms with Crippen molar-refractivity contribution >= 4 is 5.91 Å². The maximum atomic E-state index is 12.0. The van der Waals surface area contributed by atoms with Gasteiger partial charge in [-0.2, -0.15) is 0 Å². The minimum atomic E-state index is -0.717. The van der Waals surface area contributed by atoms with Gasteiger partial charge in [-0.05, 0) is 26.7 Å². The number of methoxy groups -OCH3 is 1. The first-order valence-corrected chi connectivity index (χ1v) is 5.00. The van der Waals surface area contributed by atoms with Gasteiger partial charge in [-0.3, -0.25) is 4.79 Å². The molecule has 80 valence electrons. The molecule has 1 aliphatic rings. The summed E-state index contributed by atoms with van der Waals surface area (Å²) in [4.78, 5) is 13.9. The molecule has 14 heavy (non-hydrogen) atoms. The van der Waals surface area contributed by atoms with E-state index in [1.54, 1.807) is 27.0 Å². The third-order valence-corrected chi connectivity index (χ3v) is 2.60. The second-order valence-electron chi connectivity index (χ2n) is 4.19. The summed E-state index contributed by atoms with van der Waals surface area (Å²) in [5, 5.41) is 0. The third kappa shape index (κ3) is 2.35. The second kappa shape index (κ2) is 4.13. The average molecular weight is 197 g/mol. The number of hydrogen-bond acceptors (Lipinski definition) is 2. The van der Waals surface area contributed by atoms with E-state index in [4.69, 9.17) is 4.74 Å². The lowest BCUT2D eigenvalue weighted by atomic mass is 10.1. The predicted octanol–water partition coefficient (Wildman–Crippen LogP) is 1.59. The third-order valence-electron chi connectivity index (χ3n) is 2.60. The summed E-state index contributed by atoms with van der Waals surface area (Å²) >= 11 is 0. The van der Waals surface area contributed by atoms with Gasteiger partial charge < -0.3 is 9.64 Å². The first-order valence-electron chi connectivity index (χ1n) is 5.00. The standard InChI is InChI=1S/C11H19NO2/c1-5-8-12(9-6-7-9)10(13)11(2,3)14-4/h5,9H,1,6-8H2,2-4H3. The molecule has 0 radical (unpaired) electrons. The van der Waals surface area contributed by atoms with Crippen LogP contribution in [0.3, 0.4) is 0 Å². The van der Waals surface area contributed by atoms with Crippen LogP contribution in [0.15, 0.2) is 12.7 Å². The summed E-state index contributed by atoms with van der Waals surface area (Å²) in [7, 11) is 1.57. The van der Waals surface area contributed by atoms with Gasteiger partial charge in [0.15, 0.2) is 0 Å². The lowest BCUT2D eigenvalue weighted by Gasteiger charge is -2.30. The van der Waals surface area contributed by atoms with Crippen molar-refractivity contribution < 1.29 is 9.53 Å². The highest BCUT2D eigenvalue weighted by Crippen LogP contribution is 2.29. The molecule has 0 spiro atoms. The Bertz CT molecular complexity index is 231. The summed E-state index contributed by atoms with van der Waals surface area (Å²) in [6, 6.07) is 0.412. The van der Waals surface area contributed by atoms with Crippen LogP contribution >= 0.6 is 0 Å². The van der Waals surface area contributed by atoms with E-state index in [0.717, 1.165) is 12.8 Å². The Kier molecular flexibility index (Phi) is 3.32. The molecule has 0 aromatic carbocycles. The van der Waals surface area contributed by atoms with Crippen LogP contribution in [-0.2, 0) is 9.53 Å². The molecule has 0 N–H and O–H groups in total. The summed E-state index contributed by atoms with van der Waals surface area (Å²) in [6.45, 7) is 7.89. The van der Waals surface area contributed by atoms with E-state index in [2.05, 4.69) is 6.58 Å². The van der Waals surface area contributed by atoms with Crippen LogP contribution in [0.2, 0.25) is 0 Å². The normalized spacial score (nSPS) is 16.5. The van der Waals surface area contributed by atoms with Crippen molar-refractivity contribution in [2.24, 2.45) is 0 Å². The van der Waals surface area contributed by atoms with Crippen molar-refractivity contribution in [3.63, 3.8) is 0 Å². The average Bonchev–Trinajstić information content (AvgIpc) is 2.96. The number of ether oxygens (including phenoxy) is 1. The highest BCUT2D eigenvalue weighted by atomic mass is 16.5. The van der Waals surface area contributed by atoms with Crippen molar-refractivity contribution in [3.05, 3.63) is 12.7 Å². The Balaban J connectivity index is 2.67. The molecule has 1 aliphatic carbocycles. The monoisotopic (exact) mass is 197 g/mol. The lowest BCUT2D eigenvalue weighted by molar-refractivity contribution is -0.151. The minimum absolute atomic E-state index is 0.0578. The number of hydrogen-bond donors (Lipinski definition) is 0. The molecule has 1 fully saturated rings.